The highest BCUT2D eigenvalue weighted by Crippen LogP contribution is 2.39. The van der Waals surface area contributed by atoms with Crippen LogP contribution in [0.15, 0.2) is 166 Å². The van der Waals surface area contributed by atoms with E-state index in [0.717, 1.165) is 60.5 Å². The number of para-hydroxylation sites is 1. The number of furan rings is 1. The second kappa shape index (κ2) is 11.3. The summed E-state index contributed by atoms with van der Waals surface area (Å²) in [7, 11) is 0. The first-order valence-electron chi connectivity index (χ1n) is 15.1. The Morgan fingerprint density at radius 2 is 1.24 bits per heavy atom. The highest BCUT2D eigenvalue weighted by atomic mass is 16.3. The van der Waals surface area contributed by atoms with Crippen LogP contribution in [0.2, 0.25) is 0 Å². The lowest BCUT2D eigenvalue weighted by Crippen LogP contribution is -2.16. The van der Waals surface area contributed by atoms with Crippen molar-refractivity contribution >= 4 is 55.2 Å². The second-order valence-corrected chi connectivity index (χ2v) is 11.2. The number of fused-ring (bicyclic) bond motifs is 5. The quantitative estimate of drug-likeness (QED) is 0.163. The zero-order chi connectivity index (χ0) is 30.2. The highest BCUT2D eigenvalue weighted by Gasteiger charge is 2.17. The third-order valence-electron chi connectivity index (χ3n) is 8.38. The van der Waals surface area contributed by atoms with Crippen LogP contribution in [0.25, 0.3) is 54.6 Å². The molecule has 1 aromatic heterocycles. The Morgan fingerprint density at radius 3 is 2.04 bits per heavy atom. The third kappa shape index (κ3) is 5.02. The van der Waals surface area contributed by atoms with Crippen molar-refractivity contribution in [1.82, 2.24) is 0 Å². The zero-order valence-corrected chi connectivity index (χ0v) is 24.5. The molecule has 0 bridgehead atoms. The van der Waals surface area contributed by atoms with Crippen molar-refractivity contribution < 1.29 is 4.42 Å². The summed E-state index contributed by atoms with van der Waals surface area (Å²) >= 11 is 0. The molecule has 0 fully saturated rings. The molecule has 0 aliphatic carbocycles. The van der Waals surface area contributed by atoms with Crippen LogP contribution in [0.3, 0.4) is 0 Å². The Kier molecular flexibility index (Phi) is 6.65. The van der Waals surface area contributed by atoms with Gasteiger partial charge in [-0.05, 0) is 50.9 Å². The minimum absolute atomic E-state index is 0.413. The maximum atomic E-state index is 6.62. The van der Waals surface area contributed by atoms with E-state index in [0.29, 0.717) is 18.2 Å². The van der Waals surface area contributed by atoms with Gasteiger partial charge in [-0.25, -0.2) is 4.99 Å². The molecule has 2 N–H and O–H groups in total. The Balaban J connectivity index is 1.24. The molecular weight excluding hydrogens is 550 g/mol. The number of hydrogen-bond donors (Lipinski definition) is 1. The van der Waals surface area contributed by atoms with Crippen molar-refractivity contribution in [1.29, 1.82) is 0 Å². The van der Waals surface area contributed by atoms with Crippen LogP contribution in [0, 0.1) is 0 Å². The van der Waals surface area contributed by atoms with E-state index in [9.17, 15) is 0 Å². The number of aliphatic imine (C=N–C) groups is 2. The van der Waals surface area contributed by atoms with E-state index in [1.54, 1.807) is 0 Å². The van der Waals surface area contributed by atoms with Gasteiger partial charge >= 0.3 is 0 Å². The molecule has 45 heavy (non-hydrogen) atoms. The number of amidine groups is 2. The van der Waals surface area contributed by atoms with Crippen LogP contribution in [-0.2, 0) is 6.54 Å². The molecule has 8 aromatic rings. The van der Waals surface area contributed by atoms with Crippen molar-refractivity contribution in [3.63, 3.8) is 0 Å². The number of nitrogens with zero attached hydrogens (tertiary/aromatic N) is 2. The van der Waals surface area contributed by atoms with E-state index in [4.69, 9.17) is 20.1 Å². The molecule has 0 saturated carbocycles. The molecule has 0 saturated heterocycles. The van der Waals surface area contributed by atoms with Crippen LogP contribution in [0.4, 0.5) is 0 Å². The minimum atomic E-state index is 0.413. The molecule has 0 aliphatic rings. The third-order valence-corrected chi connectivity index (χ3v) is 8.38. The molecule has 0 radical (unpaired) electrons. The monoisotopic (exact) mass is 579 g/mol. The van der Waals surface area contributed by atoms with E-state index >= 15 is 0 Å². The van der Waals surface area contributed by atoms with E-state index in [2.05, 4.69) is 91.0 Å². The van der Waals surface area contributed by atoms with E-state index < -0.39 is 0 Å². The van der Waals surface area contributed by atoms with Gasteiger partial charge < -0.3 is 10.2 Å². The lowest BCUT2D eigenvalue weighted by Gasteiger charge is -2.09. The van der Waals surface area contributed by atoms with Gasteiger partial charge in [0.25, 0.3) is 0 Å². The molecule has 7 aromatic carbocycles. The Labute approximate surface area is 260 Å². The van der Waals surface area contributed by atoms with Crippen molar-refractivity contribution in [3.8, 4) is 11.1 Å². The van der Waals surface area contributed by atoms with Crippen LogP contribution < -0.4 is 5.73 Å². The number of benzene rings is 7. The molecule has 0 amide bonds. The average molecular weight is 580 g/mol. The van der Waals surface area contributed by atoms with Crippen LogP contribution in [0.1, 0.15) is 16.7 Å². The first-order chi connectivity index (χ1) is 22.2. The topological polar surface area (TPSA) is 63.9 Å². The number of hydrogen-bond acceptors (Lipinski definition) is 2. The molecular formula is C41H29N3O. The Hall–Kier alpha value is -6.00. The fourth-order valence-corrected chi connectivity index (χ4v) is 6.08. The lowest BCUT2D eigenvalue weighted by atomic mass is 9.96. The normalized spacial score (nSPS) is 12.4. The summed E-state index contributed by atoms with van der Waals surface area (Å²) in [6.45, 7) is 0.413. The summed E-state index contributed by atoms with van der Waals surface area (Å²) in [6.07, 6.45) is 0. The summed E-state index contributed by atoms with van der Waals surface area (Å²) in [5.74, 6) is 1.01. The predicted octanol–water partition coefficient (Wildman–Crippen LogP) is 9.91. The number of nitrogens with two attached hydrogens (primary N) is 1. The standard InChI is InChI=1S/C41H29N3O/c42-40(33-21-19-28-11-5-7-15-31(28)25-33)44-41(29-12-2-1-3-13-29)43-26-34-22-23-35(32-20-18-27-10-4-6-14-30(27)24-32)39-38(34)36-16-8-9-17-37(36)45-39/h1-25H,26H2,(H2,42,43,44). The van der Waals surface area contributed by atoms with Crippen LogP contribution >= 0.6 is 0 Å². The molecule has 0 aliphatic heterocycles. The molecule has 4 heteroatoms. The fraction of sp³-hybridized carbons (Fsp3) is 0.0244. The Bertz CT molecular complexity index is 2420. The first-order valence-corrected chi connectivity index (χ1v) is 15.1. The first kappa shape index (κ1) is 26.6. The van der Waals surface area contributed by atoms with Crippen LogP contribution in [-0.4, -0.2) is 11.7 Å². The number of rotatable bonds is 5. The summed E-state index contributed by atoms with van der Waals surface area (Å²) in [6, 6.07) is 51.9. The zero-order valence-electron chi connectivity index (χ0n) is 24.5. The van der Waals surface area contributed by atoms with E-state index in [-0.39, 0.29) is 0 Å². The molecule has 214 valence electrons. The van der Waals surface area contributed by atoms with Gasteiger partial charge in [0.1, 0.15) is 17.0 Å². The molecule has 8 rings (SSSR count). The highest BCUT2D eigenvalue weighted by molar-refractivity contribution is 6.13. The van der Waals surface area contributed by atoms with Gasteiger partial charge in [-0.15, -0.1) is 0 Å². The Morgan fingerprint density at radius 1 is 0.578 bits per heavy atom. The van der Waals surface area contributed by atoms with Gasteiger partial charge in [0.15, 0.2) is 5.84 Å². The predicted molar refractivity (Wildman–Crippen MR) is 188 cm³/mol. The summed E-state index contributed by atoms with van der Waals surface area (Å²) in [5.41, 5.74) is 13.3. The maximum Gasteiger partial charge on any atom is 0.157 e. The van der Waals surface area contributed by atoms with E-state index in [1.807, 2.05) is 60.7 Å². The van der Waals surface area contributed by atoms with Crippen molar-refractivity contribution in [2.45, 2.75) is 6.54 Å². The molecule has 0 spiro atoms. The van der Waals surface area contributed by atoms with Gasteiger partial charge in [0.05, 0.1) is 6.54 Å². The smallest absolute Gasteiger partial charge is 0.157 e. The summed E-state index contributed by atoms with van der Waals surface area (Å²) in [4.78, 5) is 9.96. The maximum absolute atomic E-state index is 6.62. The molecule has 0 atom stereocenters. The van der Waals surface area contributed by atoms with E-state index in [1.165, 1.54) is 10.8 Å². The molecule has 4 nitrogen and oxygen atoms in total. The fourth-order valence-electron chi connectivity index (χ4n) is 6.08. The van der Waals surface area contributed by atoms with Crippen molar-refractivity contribution in [2.75, 3.05) is 0 Å². The summed E-state index contributed by atoms with van der Waals surface area (Å²) in [5, 5.41) is 6.83. The van der Waals surface area contributed by atoms with Gasteiger partial charge in [0.2, 0.25) is 0 Å². The largest absolute Gasteiger partial charge is 0.455 e. The van der Waals surface area contributed by atoms with Gasteiger partial charge in [0, 0.05) is 27.5 Å². The molecule has 0 unspecified atom stereocenters. The van der Waals surface area contributed by atoms with Gasteiger partial charge in [-0.1, -0.05) is 133 Å². The average Bonchev–Trinajstić information content (AvgIpc) is 3.50. The van der Waals surface area contributed by atoms with Crippen LogP contribution in [0.5, 0.6) is 0 Å². The second-order valence-electron chi connectivity index (χ2n) is 11.2. The van der Waals surface area contributed by atoms with Gasteiger partial charge in [-0.3, -0.25) is 4.99 Å². The van der Waals surface area contributed by atoms with Crippen molar-refractivity contribution in [2.24, 2.45) is 15.7 Å². The summed E-state index contributed by atoms with van der Waals surface area (Å²) < 4.78 is 6.54. The van der Waals surface area contributed by atoms with Crippen molar-refractivity contribution in [3.05, 3.63) is 168 Å². The van der Waals surface area contributed by atoms with Gasteiger partial charge in [-0.2, -0.15) is 0 Å². The lowest BCUT2D eigenvalue weighted by molar-refractivity contribution is 0.669. The SMILES string of the molecule is NC(=NC(=NCc1ccc(-c2ccc3ccccc3c2)c2oc3ccccc3c12)c1ccccc1)c1ccc2ccccc2c1. The minimum Gasteiger partial charge on any atom is -0.455 e. The molecule has 1 heterocycles.